The van der Waals surface area contributed by atoms with Crippen LogP contribution in [-0.4, -0.2) is 35.6 Å². The van der Waals surface area contributed by atoms with E-state index in [1.807, 2.05) is 36.4 Å². The predicted octanol–water partition coefficient (Wildman–Crippen LogP) is 8.21. The lowest BCUT2D eigenvalue weighted by Gasteiger charge is -2.39. The van der Waals surface area contributed by atoms with Crippen molar-refractivity contribution in [3.05, 3.63) is 71.1 Å². The summed E-state index contributed by atoms with van der Waals surface area (Å²) in [5.74, 6) is -0.947. The van der Waals surface area contributed by atoms with Crippen LogP contribution in [0, 0.1) is 0 Å². The van der Waals surface area contributed by atoms with Gasteiger partial charge in [0, 0.05) is 12.1 Å². The third kappa shape index (κ3) is 10.5. The molecule has 0 amide bonds. The first-order chi connectivity index (χ1) is 17.4. The minimum absolute atomic E-state index is 0.0137. The number of benzene rings is 1. The molecule has 0 spiro atoms. The van der Waals surface area contributed by atoms with E-state index in [0.717, 1.165) is 36.2 Å². The summed E-state index contributed by atoms with van der Waals surface area (Å²) < 4.78 is 6.79. The molecule has 0 aliphatic rings. The molecule has 0 bridgehead atoms. The summed E-state index contributed by atoms with van der Waals surface area (Å²) in [6.45, 7) is 13.2. The fourth-order valence-electron chi connectivity index (χ4n) is 3.97. The minimum atomic E-state index is -2.14. The van der Waals surface area contributed by atoms with Crippen LogP contribution in [0.25, 0.3) is 6.08 Å². The quantitative estimate of drug-likeness (QED) is 0.181. The van der Waals surface area contributed by atoms with Crippen LogP contribution >= 0.6 is 0 Å². The number of carboxylic acids is 1. The van der Waals surface area contributed by atoms with Crippen molar-refractivity contribution in [3.63, 3.8) is 0 Å². The Morgan fingerprint density at radius 2 is 1.73 bits per heavy atom. The van der Waals surface area contributed by atoms with E-state index in [1.165, 1.54) is 25.7 Å². The highest BCUT2D eigenvalue weighted by molar-refractivity contribution is 6.74. The van der Waals surface area contributed by atoms with Crippen molar-refractivity contribution in [1.82, 2.24) is 4.98 Å². The molecule has 0 fully saturated rings. The Labute approximate surface area is 225 Å². The molecule has 0 radical (unpaired) electrons. The molecule has 1 aromatic heterocycles. The number of pyridine rings is 1. The molecule has 2 unspecified atom stereocenters. The first-order valence-electron chi connectivity index (χ1n) is 13.8. The number of carbonyl (C=O) groups is 1. The second kappa shape index (κ2) is 14.6. The second-order valence-corrected chi connectivity index (χ2v) is 16.3. The van der Waals surface area contributed by atoms with Crippen molar-refractivity contribution in [3.8, 4) is 0 Å². The summed E-state index contributed by atoms with van der Waals surface area (Å²) in [6.07, 6.45) is 11.5. The van der Waals surface area contributed by atoms with Gasteiger partial charge in [0.1, 0.15) is 0 Å². The van der Waals surface area contributed by atoms with Crippen LogP contribution in [0.1, 0.15) is 106 Å². The Bertz CT molecular complexity index is 1010. The fourth-order valence-corrected chi connectivity index (χ4v) is 5.25. The SMILES string of the molecule is CCCCCCCCC(O)/C=C/c1cccc(CC(O[Si](C)(C)C(C)(C)C)c2cccc(C(=O)O)c2)n1. The first kappa shape index (κ1) is 30.9. The van der Waals surface area contributed by atoms with E-state index in [9.17, 15) is 15.0 Å². The lowest BCUT2D eigenvalue weighted by atomic mass is 10.0. The van der Waals surface area contributed by atoms with E-state index in [1.54, 1.807) is 18.2 Å². The van der Waals surface area contributed by atoms with E-state index in [4.69, 9.17) is 9.41 Å². The predicted molar refractivity (Wildman–Crippen MR) is 155 cm³/mol. The van der Waals surface area contributed by atoms with Gasteiger partial charge in [0.25, 0.3) is 0 Å². The van der Waals surface area contributed by atoms with Crippen molar-refractivity contribution in [1.29, 1.82) is 0 Å². The Morgan fingerprint density at radius 3 is 2.41 bits per heavy atom. The number of unbranched alkanes of at least 4 members (excludes halogenated alkanes) is 5. The summed E-state index contributed by atoms with van der Waals surface area (Å²) in [4.78, 5) is 16.4. The largest absolute Gasteiger partial charge is 0.478 e. The molecule has 2 atom stereocenters. The Morgan fingerprint density at radius 1 is 1.05 bits per heavy atom. The van der Waals surface area contributed by atoms with Crippen LogP contribution in [0.2, 0.25) is 18.1 Å². The third-order valence-corrected chi connectivity index (χ3v) is 11.8. The van der Waals surface area contributed by atoms with Crippen molar-refractivity contribution in [2.45, 2.75) is 109 Å². The lowest BCUT2D eigenvalue weighted by molar-refractivity contribution is 0.0696. The van der Waals surface area contributed by atoms with Crippen LogP contribution in [0.3, 0.4) is 0 Å². The lowest BCUT2D eigenvalue weighted by Crippen LogP contribution is -2.42. The van der Waals surface area contributed by atoms with E-state index >= 15 is 0 Å². The zero-order valence-electron chi connectivity index (χ0n) is 23.7. The average Bonchev–Trinajstić information content (AvgIpc) is 2.84. The monoisotopic (exact) mass is 525 g/mol. The molecule has 1 heterocycles. The molecule has 0 aliphatic carbocycles. The molecule has 0 saturated carbocycles. The molecule has 5 nitrogen and oxygen atoms in total. The van der Waals surface area contributed by atoms with Crippen molar-refractivity contribution < 1.29 is 19.4 Å². The van der Waals surface area contributed by atoms with E-state index < -0.39 is 20.4 Å². The highest BCUT2D eigenvalue weighted by atomic mass is 28.4. The number of hydrogen-bond donors (Lipinski definition) is 2. The minimum Gasteiger partial charge on any atom is -0.478 e. The number of carboxylic acid groups (broad SMARTS) is 1. The van der Waals surface area contributed by atoms with Gasteiger partial charge in [-0.25, -0.2) is 4.79 Å². The van der Waals surface area contributed by atoms with Crippen LogP contribution in [0.15, 0.2) is 48.5 Å². The average molecular weight is 526 g/mol. The molecule has 1 aromatic carbocycles. The van der Waals surface area contributed by atoms with Crippen molar-refractivity contribution in [2.24, 2.45) is 0 Å². The maximum Gasteiger partial charge on any atom is 0.335 e. The summed E-state index contributed by atoms with van der Waals surface area (Å²) >= 11 is 0. The molecule has 6 heteroatoms. The molecule has 204 valence electrons. The number of rotatable bonds is 15. The maximum atomic E-state index is 11.6. The van der Waals surface area contributed by atoms with E-state index in [0.29, 0.717) is 6.42 Å². The number of aromatic nitrogens is 1. The number of aromatic carboxylic acids is 1. The van der Waals surface area contributed by atoms with Crippen LogP contribution in [0.5, 0.6) is 0 Å². The van der Waals surface area contributed by atoms with Gasteiger partial charge in [0.05, 0.1) is 23.5 Å². The molecule has 2 N–H and O–H groups in total. The van der Waals surface area contributed by atoms with E-state index in [-0.39, 0.29) is 16.7 Å². The van der Waals surface area contributed by atoms with Gasteiger partial charge in [-0.05, 0) is 60.5 Å². The van der Waals surface area contributed by atoms with Gasteiger partial charge in [-0.3, -0.25) is 4.98 Å². The first-order valence-corrected chi connectivity index (χ1v) is 16.7. The Hall–Kier alpha value is -2.28. The van der Waals surface area contributed by atoms with Crippen LogP contribution in [-0.2, 0) is 10.8 Å². The number of hydrogen-bond acceptors (Lipinski definition) is 4. The topological polar surface area (TPSA) is 79.7 Å². The molecular weight excluding hydrogens is 478 g/mol. The van der Waals surface area contributed by atoms with Gasteiger partial charge in [-0.1, -0.05) is 90.5 Å². The number of aliphatic hydroxyl groups is 1. The molecule has 2 aromatic rings. The summed E-state index contributed by atoms with van der Waals surface area (Å²) in [5, 5.41) is 19.9. The van der Waals surface area contributed by atoms with Gasteiger partial charge in [0.15, 0.2) is 8.32 Å². The molecule has 2 rings (SSSR count). The highest BCUT2D eigenvalue weighted by Gasteiger charge is 2.39. The summed E-state index contributed by atoms with van der Waals surface area (Å²) in [6, 6.07) is 12.9. The molecular formula is C31H47NO4Si. The third-order valence-electron chi connectivity index (χ3n) is 7.31. The van der Waals surface area contributed by atoms with Gasteiger partial charge in [-0.2, -0.15) is 0 Å². The van der Waals surface area contributed by atoms with E-state index in [2.05, 4.69) is 40.8 Å². The van der Waals surface area contributed by atoms with Crippen molar-refractivity contribution >= 4 is 20.4 Å². The Kier molecular flexibility index (Phi) is 12.2. The second-order valence-electron chi connectivity index (χ2n) is 11.5. The summed E-state index contributed by atoms with van der Waals surface area (Å²) in [5.41, 5.74) is 2.77. The smallest absolute Gasteiger partial charge is 0.335 e. The van der Waals surface area contributed by atoms with Crippen molar-refractivity contribution in [2.75, 3.05) is 0 Å². The zero-order chi connectivity index (χ0) is 27.5. The van der Waals surface area contributed by atoms with Gasteiger partial charge >= 0.3 is 5.97 Å². The molecule has 37 heavy (non-hydrogen) atoms. The molecule has 0 aliphatic heterocycles. The van der Waals surface area contributed by atoms with Gasteiger partial charge < -0.3 is 14.6 Å². The standard InChI is InChI=1S/C31H47NO4Si/c1-7-8-9-10-11-12-19-28(33)21-20-26-17-14-18-27(32-26)23-29(36-37(5,6)31(2,3)4)24-15-13-16-25(22-24)30(34)35/h13-18,20-22,28-29,33H,7-12,19,23H2,1-6H3,(H,34,35)/b21-20+. The zero-order valence-corrected chi connectivity index (χ0v) is 24.7. The molecule has 0 saturated heterocycles. The number of aliphatic hydroxyl groups excluding tert-OH is 1. The maximum absolute atomic E-state index is 11.6. The Balaban J connectivity index is 2.15. The fraction of sp³-hybridized carbons (Fsp3) is 0.548. The highest BCUT2D eigenvalue weighted by Crippen LogP contribution is 2.40. The van der Waals surface area contributed by atoms with Crippen LogP contribution < -0.4 is 0 Å². The number of nitrogens with zero attached hydrogens (tertiary/aromatic N) is 1. The normalized spacial score (nSPS) is 14.1. The van der Waals surface area contributed by atoms with Gasteiger partial charge in [0.2, 0.25) is 0 Å². The summed E-state index contributed by atoms with van der Waals surface area (Å²) in [7, 11) is -2.14. The van der Waals surface area contributed by atoms with Crippen LogP contribution in [0.4, 0.5) is 0 Å². The van der Waals surface area contributed by atoms with Gasteiger partial charge in [-0.15, -0.1) is 0 Å².